The zero-order valence-electron chi connectivity index (χ0n) is 16.9. The van der Waals surface area contributed by atoms with Crippen molar-refractivity contribution >= 4 is 32.5 Å². The molecule has 1 amide bonds. The standard InChI is InChI=1S/C20H21F2N5O4S/c21-19(22)15-6-3-5-14-17(15)26-27(11-13-4-1-2-9-31-13)18(14)20(28)25-12-7-8-24-16(10-12)32(23,29)30/h3,5-8,10,13,19H,1-2,4,9,11H2,(H2,23,29,30)(H,24,25,28). The molecule has 0 aliphatic carbocycles. The molecule has 170 valence electrons. The molecule has 32 heavy (non-hydrogen) atoms. The average molecular weight is 465 g/mol. The van der Waals surface area contributed by atoms with Crippen LogP contribution in [-0.2, 0) is 21.3 Å². The summed E-state index contributed by atoms with van der Waals surface area (Å²) in [5, 5.41) is 11.8. The normalized spacial score (nSPS) is 17.1. The number of fused-ring (bicyclic) bond motifs is 1. The molecule has 1 saturated heterocycles. The molecule has 0 radical (unpaired) electrons. The van der Waals surface area contributed by atoms with Gasteiger partial charge in [0.1, 0.15) is 11.2 Å². The molecule has 0 bridgehead atoms. The van der Waals surface area contributed by atoms with Gasteiger partial charge in [-0.3, -0.25) is 9.48 Å². The van der Waals surface area contributed by atoms with E-state index in [-0.39, 0.29) is 40.5 Å². The molecule has 1 unspecified atom stereocenters. The van der Waals surface area contributed by atoms with Crippen LogP contribution in [0.15, 0.2) is 41.6 Å². The van der Waals surface area contributed by atoms with Crippen molar-refractivity contribution in [1.29, 1.82) is 0 Å². The Balaban J connectivity index is 1.74. The smallest absolute Gasteiger partial charge is 0.274 e. The van der Waals surface area contributed by atoms with Gasteiger partial charge in [0.15, 0.2) is 5.03 Å². The third-order valence-electron chi connectivity index (χ3n) is 5.19. The second kappa shape index (κ2) is 8.88. The summed E-state index contributed by atoms with van der Waals surface area (Å²) >= 11 is 0. The van der Waals surface area contributed by atoms with E-state index in [1.54, 1.807) is 6.07 Å². The summed E-state index contributed by atoms with van der Waals surface area (Å²) < 4.78 is 57.3. The minimum absolute atomic E-state index is 0.0309. The number of nitrogens with two attached hydrogens (primary N) is 1. The summed E-state index contributed by atoms with van der Waals surface area (Å²) in [6, 6.07) is 6.76. The number of halogens is 2. The van der Waals surface area contributed by atoms with Gasteiger partial charge in [-0.15, -0.1) is 0 Å². The number of amides is 1. The Bertz CT molecular complexity index is 1260. The van der Waals surface area contributed by atoms with Gasteiger partial charge in [-0.05, 0) is 25.3 Å². The van der Waals surface area contributed by atoms with E-state index in [4.69, 9.17) is 9.88 Å². The van der Waals surface area contributed by atoms with Gasteiger partial charge in [0.05, 0.1) is 12.6 Å². The van der Waals surface area contributed by atoms with Gasteiger partial charge in [0.25, 0.3) is 22.4 Å². The number of rotatable bonds is 6. The van der Waals surface area contributed by atoms with Gasteiger partial charge >= 0.3 is 0 Å². The number of nitrogens with one attached hydrogen (secondary N) is 1. The minimum atomic E-state index is -4.07. The minimum Gasteiger partial charge on any atom is -0.376 e. The molecule has 0 spiro atoms. The summed E-state index contributed by atoms with van der Waals surface area (Å²) in [6.07, 6.45) is 0.893. The van der Waals surface area contributed by atoms with Gasteiger partial charge in [0.2, 0.25) is 0 Å². The molecular weight excluding hydrogens is 444 g/mol. The first kappa shape index (κ1) is 22.2. The van der Waals surface area contributed by atoms with Crippen LogP contribution in [0.2, 0.25) is 0 Å². The van der Waals surface area contributed by atoms with E-state index in [1.807, 2.05) is 0 Å². The van der Waals surface area contributed by atoms with Crippen molar-refractivity contribution in [2.45, 2.75) is 43.4 Å². The number of sulfonamides is 1. The van der Waals surface area contributed by atoms with Crippen molar-refractivity contribution in [3.8, 4) is 0 Å². The predicted molar refractivity (Wildman–Crippen MR) is 112 cm³/mol. The fourth-order valence-corrected chi connectivity index (χ4v) is 4.20. The first-order valence-corrected chi connectivity index (χ1v) is 11.5. The van der Waals surface area contributed by atoms with E-state index in [9.17, 15) is 22.0 Å². The van der Waals surface area contributed by atoms with Crippen LogP contribution in [0.5, 0.6) is 0 Å². The first-order valence-electron chi connectivity index (χ1n) is 9.93. The highest BCUT2D eigenvalue weighted by molar-refractivity contribution is 7.89. The third-order valence-corrected chi connectivity index (χ3v) is 5.99. The van der Waals surface area contributed by atoms with E-state index in [1.165, 1.54) is 29.1 Å². The predicted octanol–water partition coefficient (Wildman–Crippen LogP) is 2.84. The molecule has 1 aliphatic rings. The summed E-state index contributed by atoms with van der Waals surface area (Å²) in [5.74, 6) is -0.638. The number of alkyl halides is 2. The zero-order chi connectivity index (χ0) is 22.9. The maximum absolute atomic E-state index is 13.6. The van der Waals surface area contributed by atoms with E-state index >= 15 is 0 Å². The molecule has 1 atom stereocenters. The number of carbonyl (C=O) groups is 1. The van der Waals surface area contributed by atoms with Crippen LogP contribution in [0.4, 0.5) is 14.5 Å². The van der Waals surface area contributed by atoms with Crippen LogP contribution < -0.4 is 10.5 Å². The molecule has 0 saturated carbocycles. The zero-order valence-corrected chi connectivity index (χ0v) is 17.7. The fourth-order valence-electron chi connectivity index (χ4n) is 3.70. The summed E-state index contributed by atoms with van der Waals surface area (Å²) in [6.45, 7) is 0.807. The number of hydrogen-bond donors (Lipinski definition) is 2. The van der Waals surface area contributed by atoms with Gasteiger partial charge in [0, 0.05) is 35.5 Å². The van der Waals surface area contributed by atoms with Crippen LogP contribution in [-0.4, -0.2) is 41.8 Å². The van der Waals surface area contributed by atoms with Crippen molar-refractivity contribution in [3.63, 3.8) is 0 Å². The number of anilines is 1. The molecule has 3 heterocycles. The lowest BCUT2D eigenvalue weighted by Crippen LogP contribution is -2.28. The monoisotopic (exact) mass is 465 g/mol. The average Bonchev–Trinajstić information content (AvgIpc) is 3.11. The van der Waals surface area contributed by atoms with Gasteiger partial charge < -0.3 is 10.1 Å². The Labute approximate surface area is 182 Å². The Hall–Kier alpha value is -2.96. The summed E-state index contributed by atoms with van der Waals surface area (Å²) in [4.78, 5) is 16.9. The molecule has 9 nitrogen and oxygen atoms in total. The second-order valence-electron chi connectivity index (χ2n) is 7.45. The van der Waals surface area contributed by atoms with Crippen LogP contribution in [0, 0.1) is 0 Å². The Morgan fingerprint density at radius 3 is 2.81 bits per heavy atom. The van der Waals surface area contributed by atoms with Crippen molar-refractivity contribution in [1.82, 2.24) is 14.8 Å². The summed E-state index contributed by atoms with van der Waals surface area (Å²) in [5.41, 5.74) is -0.0387. The van der Waals surface area contributed by atoms with E-state index in [0.717, 1.165) is 25.3 Å². The van der Waals surface area contributed by atoms with Crippen LogP contribution >= 0.6 is 0 Å². The van der Waals surface area contributed by atoms with Gasteiger partial charge in [-0.2, -0.15) is 5.10 Å². The van der Waals surface area contributed by atoms with E-state index in [0.29, 0.717) is 6.61 Å². The molecule has 4 rings (SSSR count). The van der Waals surface area contributed by atoms with Crippen molar-refractivity contribution in [2.75, 3.05) is 11.9 Å². The molecule has 12 heteroatoms. The van der Waals surface area contributed by atoms with Gasteiger partial charge in [-0.1, -0.05) is 18.2 Å². The van der Waals surface area contributed by atoms with Crippen molar-refractivity contribution in [3.05, 3.63) is 47.8 Å². The highest BCUT2D eigenvalue weighted by Gasteiger charge is 2.25. The number of hydrogen-bond acceptors (Lipinski definition) is 6. The number of aromatic nitrogens is 3. The number of carbonyl (C=O) groups excluding carboxylic acids is 1. The highest BCUT2D eigenvalue weighted by atomic mass is 32.2. The van der Waals surface area contributed by atoms with Gasteiger partial charge in [-0.25, -0.2) is 27.3 Å². The Morgan fingerprint density at radius 2 is 2.12 bits per heavy atom. The summed E-state index contributed by atoms with van der Waals surface area (Å²) in [7, 11) is -4.07. The van der Waals surface area contributed by atoms with Crippen LogP contribution in [0.3, 0.4) is 0 Å². The highest BCUT2D eigenvalue weighted by Crippen LogP contribution is 2.30. The topological polar surface area (TPSA) is 129 Å². The number of primary sulfonamides is 1. The molecule has 1 fully saturated rings. The quantitative estimate of drug-likeness (QED) is 0.576. The lowest BCUT2D eigenvalue weighted by molar-refractivity contribution is 0.00378. The maximum Gasteiger partial charge on any atom is 0.274 e. The second-order valence-corrected chi connectivity index (χ2v) is 8.95. The molecule has 3 N–H and O–H groups in total. The fraction of sp³-hybridized carbons (Fsp3) is 0.350. The lowest BCUT2D eigenvalue weighted by Gasteiger charge is -2.23. The van der Waals surface area contributed by atoms with Crippen LogP contribution in [0.1, 0.15) is 41.7 Å². The van der Waals surface area contributed by atoms with Crippen LogP contribution in [0.25, 0.3) is 10.9 Å². The molecule has 1 aromatic carbocycles. The molecule has 2 aromatic heterocycles. The number of ether oxygens (including phenoxy) is 1. The Morgan fingerprint density at radius 1 is 1.31 bits per heavy atom. The SMILES string of the molecule is NS(=O)(=O)c1cc(NC(=O)c2c3cccc(C(F)F)c3nn2CC2CCCCO2)ccn1. The van der Waals surface area contributed by atoms with E-state index in [2.05, 4.69) is 15.4 Å². The largest absolute Gasteiger partial charge is 0.376 e. The van der Waals surface area contributed by atoms with Crippen molar-refractivity contribution in [2.24, 2.45) is 5.14 Å². The third kappa shape index (κ3) is 4.61. The first-order chi connectivity index (χ1) is 15.2. The Kier molecular flexibility index (Phi) is 6.17. The molecule has 1 aliphatic heterocycles. The molecular formula is C20H21F2N5O4S. The van der Waals surface area contributed by atoms with E-state index < -0.39 is 27.4 Å². The number of pyridine rings is 1. The molecule has 3 aromatic rings. The number of nitrogens with zero attached hydrogens (tertiary/aromatic N) is 3. The lowest BCUT2D eigenvalue weighted by atomic mass is 10.1. The maximum atomic E-state index is 13.6. The van der Waals surface area contributed by atoms with Crippen molar-refractivity contribution < 1.29 is 26.7 Å². The number of benzene rings is 1.